The lowest BCUT2D eigenvalue weighted by atomic mass is 10.00. The number of aromatic nitrogens is 3. The molecule has 2 fully saturated rings. The topological polar surface area (TPSA) is 80.1 Å². The minimum absolute atomic E-state index is 0.138. The van der Waals surface area contributed by atoms with Crippen molar-refractivity contribution in [1.82, 2.24) is 24.6 Å². The second-order valence-electron chi connectivity index (χ2n) is 5.83. The van der Waals surface area contributed by atoms with Crippen molar-refractivity contribution in [3.8, 4) is 0 Å². The Bertz CT molecular complexity index is 588. The molecule has 1 N–H and O–H groups in total. The van der Waals surface area contributed by atoms with Crippen LogP contribution in [0, 0.1) is 5.92 Å². The second kappa shape index (κ2) is 5.94. The molecule has 0 aromatic carbocycles. The molecule has 0 radical (unpaired) electrons. The molecule has 1 saturated heterocycles. The van der Waals surface area contributed by atoms with Crippen molar-refractivity contribution in [2.45, 2.75) is 36.8 Å². The summed E-state index contributed by atoms with van der Waals surface area (Å²) in [6.07, 6.45) is 4.08. The van der Waals surface area contributed by atoms with Gasteiger partial charge >= 0.3 is 0 Å². The van der Waals surface area contributed by atoms with E-state index in [2.05, 4.69) is 31.6 Å². The van der Waals surface area contributed by atoms with Crippen LogP contribution in [0.4, 0.5) is 0 Å². The van der Waals surface area contributed by atoms with E-state index in [1.54, 1.807) is 11.4 Å². The summed E-state index contributed by atoms with van der Waals surface area (Å²) in [5.74, 6) is 0.383. The normalized spacial score (nSPS) is 23.7. The van der Waals surface area contributed by atoms with E-state index in [4.69, 9.17) is 0 Å². The van der Waals surface area contributed by atoms with Gasteiger partial charge in [0.15, 0.2) is 4.60 Å². The van der Waals surface area contributed by atoms with Gasteiger partial charge in [0.05, 0.1) is 0 Å². The molecule has 2 aliphatic rings. The van der Waals surface area contributed by atoms with E-state index in [-0.39, 0.29) is 15.7 Å². The van der Waals surface area contributed by atoms with E-state index >= 15 is 0 Å². The van der Waals surface area contributed by atoms with E-state index in [1.165, 1.54) is 4.68 Å². The van der Waals surface area contributed by atoms with Crippen LogP contribution in [0.2, 0.25) is 0 Å². The highest BCUT2D eigenvalue weighted by Gasteiger charge is 2.41. The molecule has 7 nitrogen and oxygen atoms in total. The summed E-state index contributed by atoms with van der Waals surface area (Å²) >= 11 is 3.20. The number of halogens is 1. The van der Waals surface area contributed by atoms with E-state index < -0.39 is 10.0 Å². The first kappa shape index (κ1) is 15.4. The molecule has 1 aromatic heterocycles. The Hall–Kier alpha value is -0.510. The molecule has 0 bridgehead atoms. The first-order valence-corrected chi connectivity index (χ1v) is 9.51. The summed E-state index contributed by atoms with van der Waals surface area (Å²) in [6.45, 7) is 2.51. The number of sulfonamides is 1. The van der Waals surface area contributed by atoms with Crippen LogP contribution in [-0.4, -0.2) is 53.4 Å². The highest BCUT2D eigenvalue weighted by atomic mass is 79.9. The lowest BCUT2D eigenvalue weighted by Crippen LogP contribution is -2.42. The zero-order valence-corrected chi connectivity index (χ0v) is 14.4. The molecular formula is C12H20BrN5O2S. The molecule has 3 rings (SSSR count). The van der Waals surface area contributed by atoms with Gasteiger partial charge in [0.25, 0.3) is 10.0 Å². The first-order valence-electron chi connectivity index (χ1n) is 7.28. The summed E-state index contributed by atoms with van der Waals surface area (Å²) in [6, 6.07) is 0.138. The van der Waals surface area contributed by atoms with Crippen molar-refractivity contribution in [1.29, 1.82) is 0 Å². The molecule has 9 heteroatoms. The van der Waals surface area contributed by atoms with Crippen LogP contribution in [0.5, 0.6) is 0 Å². The number of aryl methyl sites for hydroxylation is 1. The van der Waals surface area contributed by atoms with Gasteiger partial charge in [-0.3, -0.25) is 0 Å². The number of hydrogen-bond acceptors (Lipinski definition) is 5. The van der Waals surface area contributed by atoms with Crippen molar-refractivity contribution >= 4 is 26.0 Å². The van der Waals surface area contributed by atoms with Gasteiger partial charge in [0, 0.05) is 19.6 Å². The monoisotopic (exact) mass is 377 g/mol. The third-order valence-corrected chi connectivity index (χ3v) is 6.89. The van der Waals surface area contributed by atoms with E-state index in [1.807, 2.05) is 0 Å². The zero-order valence-electron chi connectivity index (χ0n) is 12.0. The van der Waals surface area contributed by atoms with Gasteiger partial charge in [-0.05, 0) is 60.6 Å². The fraction of sp³-hybridized carbons (Fsp3) is 0.833. The summed E-state index contributed by atoms with van der Waals surface area (Å²) in [5, 5.41) is 11.1. The quantitative estimate of drug-likeness (QED) is 0.817. The predicted octanol–water partition coefficient (Wildman–Crippen LogP) is 0.730. The number of piperidine rings is 1. The van der Waals surface area contributed by atoms with Gasteiger partial charge in [-0.1, -0.05) is 5.21 Å². The molecule has 2 heterocycles. The van der Waals surface area contributed by atoms with E-state index in [9.17, 15) is 8.42 Å². The van der Waals surface area contributed by atoms with Crippen molar-refractivity contribution in [3.63, 3.8) is 0 Å². The molecule has 0 spiro atoms. The molecule has 1 aromatic rings. The Morgan fingerprint density at radius 1 is 1.43 bits per heavy atom. The van der Waals surface area contributed by atoms with Crippen molar-refractivity contribution < 1.29 is 8.42 Å². The zero-order chi connectivity index (χ0) is 15.0. The Morgan fingerprint density at radius 2 is 2.19 bits per heavy atom. The van der Waals surface area contributed by atoms with Gasteiger partial charge in [0.1, 0.15) is 0 Å². The third-order valence-electron chi connectivity index (χ3n) is 4.08. The summed E-state index contributed by atoms with van der Waals surface area (Å²) < 4.78 is 29.2. The first-order chi connectivity index (χ1) is 10.00. The van der Waals surface area contributed by atoms with Crippen LogP contribution in [-0.2, 0) is 17.1 Å². The lowest BCUT2D eigenvalue weighted by Gasteiger charge is -2.29. The summed E-state index contributed by atoms with van der Waals surface area (Å²) in [5.41, 5.74) is 0. The third kappa shape index (κ3) is 3.15. The Kier molecular flexibility index (Phi) is 4.35. The highest BCUT2D eigenvalue weighted by Crippen LogP contribution is 2.34. The second-order valence-corrected chi connectivity index (χ2v) is 8.38. The Balaban J connectivity index is 1.86. The molecule has 1 aliphatic heterocycles. The standard InChI is InChI=1S/C12H20BrN5O2S/c1-17-12(11(13)15-16-17)21(19,20)18(10-4-5-10)8-9-3-2-6-14-7-9/h9-10,14H,2-8H2,1H3. The SMILES string of the molecule is Cn1nnc(Br)c1S(=O)(=O)N(CC1CCCNC1)C1CC1. The minimum atomic E-state index is -3.56. The number of nitrogens with one attached hydrogen (secondary N) is 1. The maximum Gasteiger partial charge on any atom is 0.263 e. The van der Waals surface area contributed by atoms with Crippen LogP contribution >= 0.6 is 15.9 Å². The number of rotatable bonds is 5. The van der Waals surface area contributed by atoms with E-state index in [0.717, 1.165) is 38.8 Å². The average Bonchev–Trinajstić information content (AvgIpc) is 3.22. The Morgan fingerprint density at radius 3 is 2.71 bits per heavy atom. The highest BCUT2D eigenvalue weighted by molar-refractivity contribution is 9.10. The van der Waals surface area contributed by atoms with Crippen LogP contribution in [0.15, 0.2) is 9.63 Å². The van der Waals surface area contributed by atoms with Crippen LogP contribution < -0.4 is 5.32 Å². The molecular weight excluding hydrogens is 358 g/mol. The summed E-state index contributed by atoms with van der Waals surface area (Å²) in [7, 11) is -1.95. The molecule has 118 valence electrons. The lowest BCUT2D eigenvalue weighted by molar-refractivity contribution is 0.285. The maximum absolute atomic E-state index is 13.0. The fourth-order valence-corrected chi connectivity index (χ4v) is 5.65. The smallest absolute Gasteiger partial charge is 0.263 e. The van der Waals surface area contributed by atoms with Crippen LogP contribution in [0.1, 0.15) is 25.7 Å². The molecule has 0 amide bonds. The van der Waals surface area contributed by atoms with Gasteiger partial charge in [0.2, 0.25) is 5.03 Å². The molecule has 1 saturated carbocycles. The largest absolute Gasteiger partial charge is 0.316 e. The Labute approximate surface area is 133 Å². The molecule has 21 heavy (non-hydrogen) atoms. The van der Waals surface area contributed by atoms with Crippen molar-refractivity contribution in [3.05, 3.63) is 4.60 Å². The van der Waals surface area contributed by atoms with Gasteiger partial charge < -0.3 is 5.32 Å². The van der Waals surface area contributed by atoms with E-state index in [0.29, 0.717) is 12.5 Å². The minimum Gasteiger partial charge on any atom is -0.316 e. The summed E-state index contributed by atoms with van der Waals surface area (Å²) in [4.78, 5) is 0. The maximum atomic E-state index is 13.0. The molecule has 1 aliphatic carbocycles. The fourth-order valence-electron chi connectivity index (χ4n) is 2.85. The number of nitrogens with zero attached hydrogens (tertiary/aromatic N) is 4. The molecule has 1 atom stereocenters. The van der Waals surface area contributed by atoms with Crippen LogP contribution in [0.25, 0.3) is 0 Å². The number of hydrogen-bond donors (Lipinski definition) is 1. The van der Waals surface area contributed by atoms with Crippen molar-refractivity contribution in [2.24, 2.45) is 13.0 Å². The van der Waals surface area contributed by atoms with Gasteiger partial charge in [-0.15, -0.1) is 5.10 Å². The predicted molar refractivity (Wildman–Crippen MR) is 81.2 cm³/mol. The van der Waals surface area contributed by atoms with Gasteiger partial charge in [-0.25, -0.2) is 13.1 Å². The molecule has 1 unspecified atom stereocenters. The van der Waals surface area contributed by atoms with Gasteiger partial charge in [-0.2, -0.15) is 4.31 Å². The average molecular weight is 378 g/mol. The van der Waals surface area contributed by atoms with Crippen molar-refractivity contribution in [2.75, 3.05) is 19.6 Å². The van der Waals surface area contributed by atoms with Crippen LogP contribution in [0.3, 0.4) is 0 Å².